The van der Waals surface area contributed by atoms with E-state index in [0.29, 0.717) is 11.8 Å². The lowest BCUT2D eigenvalue weighted by Crippen LogP contribution is -2.38. The molecule has 1 N–H and O–H groups in total. The Balaban J connectivity index is 2.07. The van der Waals surface area contributed by atoms with E-state index < -0.39 is 0 Å². The number of carbonyl (C=O) groups excluding carboxylic acids is 2. The van der Waals surface area contributed by atoms with Crippen LogP contribution in [0, 0.1) is 23.7 Å². The van der Waals surface area contributed by atoms with Gasteiger partial charge in [-0.1, -0.05) is 12.2 Å². The fourth-order valence-corrected chi connectivity index (χ4v) is 3.00. The van der Waals surface area contributed by atoms with Gasteiger partial charge in [0.05, 0.1) is 11.8 Å². The molecule has 13 heavy (non-hydrogen) atoms. The first-order valence-corrected chi connectivity index (χ1v) is 4.80. The monoisotopic (exact) mass is 177 g/mol. The van der Waals surface area contributed by atoms with E-state index in [1.165, 1.54) is 0 Å². The van der Waals surface area contributed by atoms with Crippen molar-refractivity contribution in [3.8, 4) is 0 Å². The average Bonchev–Trinajstić information content (AvgIpc) is 2.47. The molecule has 2 amide bonds. The number of fused-ring (bicyclic) bond motifs is 1. The molecule has 3 heteroatoms. The lowest BCUT2D eigenvalue weighted by atomic mass is 9.63. The van der Waals surface area contributed by atoms with Gasteiger partial charge in [0.25, 0.3) is 0 Å². The van der Waals surface area contributed by atoms with Gasteiger partial charge >= 0.3 is 0 Å². The Kier molecular flexibility index (Phi) is 1.25. The highest BCUT2D eigenvalue weighted by Gasteiger charge is 2.52. The quantitative estimate of drug-likeness (QED) is 0.432. The molecule has 68 valence electrons. The van der Waals surface area contributed by atoms with Gasteiger partial charge in [-0.25, -0.2) is 0 Å². The molecule has 0 aromatic carbocycles. The molecule has 2 bridgehead atoms. The maximum atomic E-state index is 11.4. The van der Waals surface area contributed by atoms with Crippen LogP contribution in [0.25, 0.3) is 0 Å². The van der Waals surface area contributed by atoms with E-state index >= 15 is 0 Å². The molecule has 0 aromatic heterocycles. The second-order valence-corrected chi connectivity index (χ2v) is 4.20. The minimum Gasteiger partial charge on any atom is -0.296 e. The number of nitrogens with one attached hydrogen (secondary N) is 1. The zero-order valence-electron chi connectivity index (χ0n) is 7.19. The lowest BCUT2D eigenvalue weighted by molar-refractivity contribution is -0.126. The Bertz CT molecular complexity index is 291. The SMILES string of the molecule is O=C1NC(=O)C2C1[C@@H]1C=C[C@H]2CC1. The third-order valence-corrected chi connectivity index (χ3v) is 3.60. The molecule has 3 nitrogen and oxygen atoms in total. The minimum absolute atomic E-state index is 0.0451. The van der Waals surface area contributed by atoms with Gasteiger partial charge in [-0.15, -0.1) is 0 Å². The second-order valence-electron chi connectivity index (χ2n) is 4.20. The van der Waals surface area contributed by atoms with Crippen LogP contribution in [-0.2, 0) is 9.59 Å². The highest BCUT2D eigenvalue weighted by atomic mass is 16.2. The summed E-state index contributed by atoms with van der Waals surface area (Å²) in [5, 5.41) is 2.44. The van der Waals surface area contributed by atoms with Crippen LogP contribution < -0.4 is 5.32 Å². The summed E-state index contributed by atoms with van der Waals surface area (Å²) in [5.74, 6) is 0.457. The standard InChI is InChI=1S/C10H11NO2/c12-9-7-5-1-2-6(4-3-5)8(7)10(13)11-9/h1-2,5-8H,3-4H2,(H,11,12,13)/t5-,6+,7?,8?. The van der Waals surface area contributed by atoms with Crippen LogP contribution in [0.1, 0.15) is 12.8 Å². The molecule has 4 rings (SSSR count). The van der Waals surface area contributed by atoms with Crippen molar-refractivity contribution in [1.29, 1.82) is 0 Å². The first kappa shape index (κ1) is 7.30. The molecule has 2 unspecified atom stereocenters. The molecule has 1 aliphatic heterocycles. The smallest absolute Gasteiger partial charge is 0.231 e. The van der Waals surface area contributed by atoms with Crippen molar-refractivity contribution >= 4 is 11.8 Å². The fourth-order valence-electron chi connectivity index (χ4n) is 3.00. The van der Waals surface area contributed by atoms with E-state index in [1.807, 2.05) is 0 Å². The number of hydrogen-bond donors (Lipinski definition) is 1. The van der Waals surface area contributed by atoms with E-state index in [0.717, 1.165) is 12.8 Å². The number of imide groups is 1. The first-order chi connectivity index (χ1) is 6.27. The molecule has 4 aliphatic rings. The van der Waals surface area contributed by atoms with Crippen molar-refractivity contribution in [3.63, 3.8) is 0 Å². The minimum atomic E-state index is -0.0472. The molecule has 0 aromatic rings. The van der Waals surface area contributed by atoms with Crippen LogP contribution in [0.2, 0.25) is 0 Å². The van der Waals surface area contributed by atoms with Crippen molar-refractivity contribution in [2.45, 2.75) is 12.8 Å². The zero-order valence-corrected chi connectivity index (χ0v) is 7.19. The average molecular weight is 177 g/mol. The zero-order chi connectivity index (χ0) is 9.00. The third kappa shape index (κ3) is 0.794. The Morgan fingerprint density at radius 2 is 1.46 bits per heavy atom. The van der Waals surface area contributed by atoms with Gasteiger partial charge < -0.3 is 0 Å². The molecular formula is C10H11NO2. The Morgan fingerprint density at radius 3 is 1.85 bits per heavy atom. The van der Waals surface area contributed by atoms with E-state index in [-0.39, 0.29) is 23.7 Å². The topological polar surface area (TPSA) is 46.2 Å². The number of carbonyl (C=O) groups is 2. The Labute approximate surface area is 76.2 Å². The predicted octanol–water partition coefficient (Wildman–Crippen LogP) is 0.471. The van der Waals surface area contributed by atoms with Crippen LogP contribution in [-0.4, -0.2) is 11.8 Å². The largest absolute Gasteiger partial charge is 0.296 e. The molecule has 0 radical (unpaired) electrons. The van der Waals surface area contributed by atoms with Crippen molar-refractivity contribution in [2.24, 2.45) is 23.7 Å². The maximum absolute atomic E-state index is 11.4. The molecular weight excluding hydrogens is 166 g/mol. The van der Waals surface area contributed by atoms with Gasteiger partial charge in [-0.2, -0.15) is 0 Å². The summed E-state index contributed by atoms with van der Waals surface area (Å²) in [6, 6.07) is 0. The number of amides is 2. The van der Waals surface area contributed by atoms with Crippen molar-refractivity contribution in [2.75, 3.05) is 0 Å². The van der Waals surface area contributed by atoms with Crippen LogP contribution in [0.3, 0.4) is 0 Å². The predicted molar refractivity (Wildman–Crippen MR) is 45.5 cm³/mol. The summed E-state index contributed by atoms with van der Waals surface area (Å²) in [6.07, 6.45) is 6.38. The van der Waals surface area contributed by atoms with Crippen LogP contribution in [0.5, 0.6) is 0 Å². The van der Waals surface area contributed by atoms with E-state index in [2.05, 4.69) is 17.5 Å². The third-order valence-electron chi connectivity index (χ3n) is 3.60. The van der Waals surface area contributed by atoms with Gasteiger partial charge in [0, 0.05) is 0 Å². The molecule has 3 aliphatic carbocycles. The first-order valence-electron chi connectivity index (χ1n) is 4.80. The summed E-state index contributed by atoms with van der Waals surface area (Å²) in [7, 11) is 0. The summed E-state index contributed by atoms with van der Waals surface area (Å²) < 4.78 is 0. The Morgan fingerprint density at radius 1 is 1.00 bits per heavy atom. The normalized spacial score (nSPS) is 46.5. The number of allylic oxidation sites excluding steroid dienone is 2. The second kappa shape index (κ2) is 2.22. The van der Waals surface area contributed by atoms with Gasteiger partial charge in [-0.05, 0) is 24.7 Å². The van der Waals surface area contributed by atoms with Crippen molar-refractivity contribution < 1.29 is 9.59 Å². The van der Waals surface area contributed by atoms with Gasteiger partial charge in [0.15, 0.2) is 0 Å². The number of rotatable bonds is 0. The maximum Gasteiger partial charge on any atom is 0.231 e. The van der Waals surface area contributed by atoms with Crippen molar-refractivity contribution in [1.82, 2.24) is 5.32 Å². The number of hydrogen-bond acceptors (Lipinski definition) is 2. The summed E-state index contributed by atoms with van der Waals surface area (Å²) in [5.41, 5.74) is 0. The summed E-state index contributed by atoms with van der Waals surface area (Å²) in [4.78, 5) is 22.9. The van der Waals surface area contributed by atoms with E-state index in [9.17, 15) is 9.59 Å². The van der Waals surface area contributed by atoms with Crippen molar-refractivity contribution in [3.05, 3.63) is 12.2 Å². The van der Waals surface area contributed by atoms with E-state index in [1.54, 1.807) is 0 Å². The lowest BCUT2D eigenvalue weighted by Gasteiger charge is -2.38. The molecule has 1 saturated carbocycles. The molecule has 0 spiro atoms. The van der Waals surface area contributed by atoms with E-state index in [4.69, 9.17) is 0 Å². The molecule has 1 heterocycles. The Hall–Kier alpha value is -1.12. The molecule has 1 saturated heterocycles. The fraction of sp³-hybridized carbons (Fsp3) is 0.600. The summed E-state index contributed by atoms with van der Waals surface area (Å²) in [6.45, 7) is 0. The van der Waals surface area contributed by atoms with Crippen LogP contribution >= 0.6 is 0 Å². The van der Waals surface area contributed by atoms with Crippen LogP contribution in [0.4, 0.5) is 0 Å². The highest BCUT2D eigenvalue weighted by Crippen LogP contribution is 2.46. The van der Waals surface area contributed by atoms with Gasteiger partial charge in [0.2, 0.25) is 11.8 Å². The highest BCUT2D eigenvalue weighted by molar-refractivity contribution is 6.05. The molecule has 2 fully saturated rings. The molecule has 4 atom stereocenters. The summed E-state index contributed by atoms with van der Waals surface area (Å²) >= 11 is 0. The van der Waals surface area contributed by atoms with Gasteiger partial charge in [0.1, 0.15) is 0 Å². The van der Waals surface area contributed by atoms with Gasteiger partial charge in [-0.3, -0.25) is 14.9 Å². The van der Waals surface area contributed by atoms with Crippen LogP contribution in [0.15, 0.2) is 12.2 Å².